The van der Waals surface area contributed by atoms with Crippen LogP contribution in [0.1, 0.15) is 120 Å². The molecule has 2 saturated heterocycles. The van der Waals surface area contributed by atoms with Gasteiger partial charge in [-0.1, -0.05) is 75.3 Å². The Bertz CT molecular complexity index is 2560. The topological polar surface area (TPSA) is 217 Å². The number of allylic oxidation sites excluding steroid dienone is 8. The summed E-state index contributed by atoms with van der Waals surface area (Å²) in [6.45, 7) is 14.1. The lowest BCUT2D eigenvalue weighted by molar-refractivity contribution is -0.212. The predicted molar refractivity (Wildman–Crippen MR) is 293 cm³/mol. The highest BCUT2D eigenvalue weighted by atomic mass is 127. The van der Waals surface area contributed by atoms with E-state index in [-0.39, 0.29) is 76.0 Å². The zero-order valence-corrected chi connectivity index (χ0v) is 49.2. The third kappa shape index (κ3) is 8.67. The van der Waals surface area contributed by atoms with Gasteiger partial charge in [-0.05, 0) is 160 Å². The van der Waals surface area contributed by atoms with Crippen molar-refractivity contribution >= 4 is 57.7 Å². The van der Waals surface area contributed by atoms with Gasteiger partial charge in [-0.2, -0.15) is 0 Å². The molecule has 2 aliphatic heterocycles. The van der Waals surface area contributed by atoms with Crippen LogP contribution in [0.5, 0.6) is 0 Å². The zero-order chi connectivity index (χ0) is 58.2. The maximum Gasteiger partial charge on any atom is 0.323 e. The van der Waals surface area contributed by atoms with Crippen LogP contribution in [0.4, 0.5) is 17.6 Å². The Balaban J connectivity index is 0.000000193. The van der Waals surface area contributed by atoms with Crippen molar-refractivity contribution in [1.82, 2.24) is 10.2 Å². The molecule has 14 nitrogen and oxygen atoms in total. The van der Waals surface area contributed by atoms with Crippen molar-refractivity contribution in [1.29, 1.82) is 0 Å². The summed E-state index contributed by atoms with van der Waals surface area (Å²) in [7, 11) is 0. The molecule has 0 bridgehead atoms. The van der Waals surface area contributed by atoms with Gasteiger partial charge in [-0.3, -0.25) is 33.7 Å². The molecule has 0 aromatic heterocycles. The van der Waals surface area contributed by atoms with E-state index in [1.165, 1.54) is 48.5 Å². The molecule has 8 aliphatic carbocycles. The minimum atomic E-state index is -2.27. The molecule has 0 amide bonds. The van der Waals surface area contributed by atoms with E-state index in [1.807, 2.05) is 25.7 Å². The Morgan fingerprint density at radius 3 is 1.57 bits per heavy atom. The smallest absolute Gasteiger partial charge is 0.323 e. The van der Waals surface area contributed by atoms with E-state index in [9.17, 15) is 49.2 Å². The molecule has 10 aliphatic rings. The van der Waals surface area contributed by atoms with Crippen LogP contribution in [-0.2, 0) is 38.2 Å². The van der Waals surface area contributed by atoms with Crippen LogP contribution in [0.2, 0.25) is 0 Å². The van der Waals surface area contributed by atoms with Crippen LogP contribution < -0.4 is 5.32 Å². The number of halogens is 5. The summed E-state index contributed by atoms with van der Waals surface area (Å²) in [5.74, 6) is -6.79. The van der Waals surface area contributed by atoms with Gasteiger partial charge in [-0.15, -0.1) is 0 Å². The van der Waals surface area contributed by atoms with Crippen LogP contribution in [0.15, 0.2) is 47.6 Å². The Morgan fingerprint density at radius 2 is 1.13 bits per heavy atom. The number of esters is 2. The number of aliphatic hydroxyl groups is 4. The van der Waals surface area contributed by atoms with Gasteiger partial charge in [0.05, 0.1) is 36.3 Å². The molecule has 2 heterocycles. The predicted octanol–water partition coefficient (Wildman–Crippen LogP) is 6.96. The van der Waals surface area contributed by atoms with Gasteiger partial charge in [-0.25, -0.2) is 17.6 Å². The number of ketones is 4. The van der Waals surface area contributed by atoms with Gasteiger partial charge >= 0.3 is 11.9 Å². The van der Waals surface area contributed by atoms with Crippen molar-refractivity contribution in [2.24, 2.45) is 68.0 Å². The SMILES string of the molecule is CCCCI.CCCCN1C[C@]2(C(=O)CO)[C@@H](C[C@H]3[C@@H]4C[C@H](F)C5=CC(=O)C=C[C@]5(C)[C@@]4(F)[C@@H](O)C[C@@]32C)C1C(=O)OCC.CCOC(=O)C1NC[C@]2(C(=O)CO)[C@H]1C[C@H]1[C@@H]3C[C@H](F)C4=CC(=O)C=C[C@]4(C)[C@@]3(F)[C@@H](O)C[C@@]12C. The number of carbonyl (C=O) groups is 6. The van der Waals surface area contributed by atoms with E-state index in [4.69, 9.17) is 9.47 Å². The molecule has 0 aromatic rings. The minimum absolute atomic E-state index is 0.0387. The van der Waals surface area contributed by atoms with Crippen molar-refractivity contribution < 1.29 is 76.2 Å². The number of hydrogen-bond acceptors (Lipinski definition) is 14. The minimum Gasteiger partial charge on any atom is -0.465 e. The Labute approximate surface area is 475 Å². The standard InChI is InChI=1S/C30H41F2NO6.C26H33F2NO6.C4H9I/c1-5-7-10-33-16-29(24(37)15-34)21(25(33)26(38)39-6-2)12-18-19-13-22(31)20-11-17(35)8-9-27(20,3)30(19,32)23(36)14-28(18,29)4;1-4-35-22(34)21-17-8-14-15-9-18(27)16-7-13(31)5-6-23(16,2)26(15,28)19(32)10-24(14,3)25(17,12-29-21)20(33)11-30;1-2-3-4-5/h8-9,11,18-19,21-23,25,34,36H,5-7,10,12-16H2,1-4H3;5-7,14-15,17-19,21,29-30,32H,4,8-12H2,1-3H3;2-4H2,1H3/t18-,19-,21-,22-,23-,25?,27-,28-,29+,30-;14-,15-,17-,18-,19-,21?,23-,24-,25+,26-;/m00./s1. The summed E-state index contributed by atoms with van der Waals surface area (Å²) in [4.78, 5) is 79.5. The molecule has 79 heavy (non-hydrogen) atoms. The summed E-state index contributed by atoms with van der Waals surface area (Å²) in [5, 5.41) is 46.4. The normalized spacial score (nSPS) is 45.7. The number of unbranched alkanes of at least 4 members (excludes halogenated alkanes) is 2. The van der Waals surface area contributed by atoms with Gasteiger partial charge in [0.15, 0.2) is 34.5 Å². The Morgan fingerprint density at radius 1 is 0.671 bits per heavy atom. The molecule has 5 N–H and O–H groups in total. The first kappa shape index (κ1) is 61.9. The summed E-state index contributed by atoms with van der Waals surface area (Å²) in [6.07, 6.45) is 5.58. The molecule has 0 spiro atoms. The number of alkyl halides is 5. The van der Waals surface area contributed by atoms with Crippen molar-refractivity contribution in [3.8, 4) is 0 Å². The Kier molecular flexibility index (Phi) is 17.5. The highest BCUT2D eigenvalue weighted by Crippen LogP contribution is 2.77. The molecule has 20 atom stereocenters. The largest absolute Gasteiger partial charge is 0.465 e. The Hall–Kier alpha value is -3.21. The van der Waals surface area contributed by atoms with Crippen molar-refractivity contribution in [3.63, 3.8) is 0 Å². The summed E-state index contributed by atoms with van der Waals surface area (Å²) < 4.78 is 78.4. The number of nitrogens with one attached hydrogen (secondary N) is 1. The number of rotatable bonds is 13. The van der Waals surface area contributed by atoms with Crippen LogP contribution >= 0.6 is 22.6 Å². The lowest BCUT2D eigenvalue weighted by Crippen LogP contribution is -2.69. The quantitative estimate of drug-likeness (QED) is 0.0546. The molecule has 440 valence electrons. The van der Waals surface area contributed by atoms with Crippen molar-refractivity contribution in [2.75, 3.05) is 50.5 Å². The highest BCUT2D eigenvalue weighted by molar-refractivity contribution is 14.1. The second-order valence-electron chi connectivity index (χ2n) is 25.2. The number of hydrogen-bond donors (Lipinski definition) is 5. The zero-order valence-electron chi connectivity index (χ0n) is 47.0. The first-order chi connectivity index (χ1) is 37.2. The molecule has 8 fully saturated rings. The molecule has 0 radical (unpaired) electrons. The second kappa shape index (κ2) is 22.4. The average molecular weight is 1230 g/mol. The molecular weight excluding hydrogens is 1140 g/mol. The molecule has 0 aromatic carbocycles. The number of nitrogens with zero attached hydrogens (tertiary/aromatic N) is 1. The number of likely N-dealkylation sites (tertiary alicyclic amines) is 1. The molecule has 6 saturated carbocycles. The number of Topliss-reactive ketones (excluding diaryl/α,β-unsaturated/α-hetero) is 2. The molecule has 19 heteroatoms. The number of carbonyl (C=O) groups excluding carboxylic acids is 6. The third-order valence-corrected chi connectivity index (χ3v) is 23.0. The maximum atomic E-state index is 17.6. The summed E-state index contributed by atoms with van der Waals surface area (Å²) in [5.41, 5.74) is -11.9. The highest BCUT2D eigenvalue weighted by Gasteiger charge is 2.81. The van der Waals surface area contributed by atoms with Crippen LogP contribution in [0.25, 0.3) is 0 Å². The third-order valence-electron chi connectivity index (χ3n) is 22.2. The fourth-order valence-corrected chi connectivity index (χ4v) is 19.4. The van der Waals surface area contributed by atoms with E-state index >= 15 is 17.6 Å². The number of fused-ring (bicyclic) bond motifs is 14. The first-order valence-electron chi connectivity index (χ1n) is 28.8. The van der Waals surface area contributed by atoms with Gasteiger partial charge in [0, 0.05) is 35.8 Å². The maximum absolute atomic E-state index is 17.6. The first-order valence-corrected chi connectivity index (χ1v) is 30.3. The average Bonchev–Trinajstić information content (AvgIpc) is 2.17. The van der Waals surface area contributed by atoms with E-state index in [1.54, 1.807) is 20.8 Å². The van der Waals surface area contributed by atoms with E-state index in [2.05, 4.69) is 34.8 Å². The summed E-state index contributed by atoms with van der Waals surface area (Å²) in [6, 6.07) is -1.56. The monoisotopic (exact) mass is 1230 g/mol. The number of aliphatic hydroxyl groups excluding tert-OH is 4. The fraction of sp³-hybridized carbons (Fsp3) is 0.767. The fourth-order valence-electron chi connectivity index (χ4n) is 18.6. The lowest BCUT2D eigenvalue weighted by Gasteiger charge is -2.63. The van der Waals surface area contributed by atoms with Crippen LogP contribution in [-0.4, -0.2) is 159 Å². The van der Waals surface area contributed by atoms with Gasteiger partial charge < -0.3 is 35.2 Å². The van der Waals surface area contributed by atoms with Crippen LogP contribution in [0, 0.1) is 68.0 Å². The number of ether oxygens (including phenoxy) is 2. The van der Waals surface area contributed by atoms with Crippen molar-refractivity contribution in [3.05, 3.63) is 47.6 Å². The van der Waals surface area contributed by atoms with Crippen LogP contribution in [0.3, 0.4) is 0 Å². The van der Waals surface area contributed by atoms with Crippen molar-refractivity contribution in [2.45, 2.75) is 168 Å². The van der Waals surface area contributed by atoms with Gasteiger partial charge in [0.2, 0.25) is 0 Å². The molecular formula is C60H83F4IN2O12. The van der Waals surface area contributed by atoms with E-state index < -0.39 is 164 Å². The van der Waals surface area contributed by atoms with Gasteiger partial charge in [0.1, 0.15) is 37.6 Å². The lowest BCUT2D eigenvalue weighted by atomic mass is 9.43. The molecule has 10 rings (SSSR count). The van der Waals surface area contributed by atoms with Gasteiger partial charge in [0.25, 0.3) is 0 Å². The molecule has 2 unspecified atom stereocenters. The summed E-state index contributed by atoms with van der Waals surface area (Å²) >= 11 is 2.39. The van der Waals surface area contributed by atoms with E-state index in [0.717, 1.165) is 25.0 Å². The van der Waals surface area contributed by atoms with E-state index in [0.29, 0.717) is 6.54 Å². The second-order valence-corrected chi connectivity index (χ2v) is 26.3.